The fourth-order valence-electron chi connectivity index (χ4n) is 1.32. The minimum atomic E-state index is -2.30. The van der Waals surface area contributed by atoms with Gasteiger partial charge in [0, 0.05) is 14.1 Å². The quantitative estimate of drug-likeness (QED) is 0.153. The molecule has 17 heteroatoms. The van der Waals surface area contributed by atoms with E-state index in [0.717, 1.165) is 0 Å². The van der Waals surface area contributed by atoms with Crippen LogP contribution in [0, 0.1) is 0 Å². The summed E-state index contributed by atoms with van der Waals surface area (Å²) in [6.07, 6.45) is 0.262. The van der Waals surface area contributed by atoms with E-state index in [2.05, 4.69) is 20.0 Å². The summed E-state index contributed by atoms with van der Waals surface area (Å²) < 4.78 is 41.8. The molecular formula is C16H30N4O9S4. The normalized spacial score (nSPS) is 15.1. The second-order valence-corrected chi connectivity index (χ2v) is 10.5. The van der Waals surface area contributed by atoms with Crippen LogP contribution in [0.1, 0.15) is 27.7 Å². The molecule has 0 heterocycles. The van der Waals surface area contributed by atoms with Gasteiger partial charge in [-0.2, -0.15) is 0 Å². The topological polar surface area (TPSA) is 146 Å². The van der Waals surface area contributed by atoms with Gasteiger partial charge in [-0.05, 0) is 40.2 Å². The van der Waals surface area contributed by atoms with Crippen molar-refractivity contribution in [3.05, 3.63) is 0 Å². The Labute approximate surface area is 207 Å². The molecule has 0 N–H and O–H groups in total. The van der Waals surface area contributed by atoms with Gasteiger partial charge in [0.1, 0.15) is 16.2 Å². The van der Waals surface area contributed by atoms with Crippen LogP contribution >= 0.6 is 23.5 Å². The molecule has 3 unspecified atom stereocenters. The summed E-state index contributed by atoms with van der Waals surface area (Å²) in [6.45, 7) is 6.31. The molecule has 0 saturated heterocycles. The Balaban J connectivity index is 4.98. The molecule has 0 aromatic carbocycles. The fraction of sp³-hybridized carbons (Fsp3) is 0.750. The maximum absolute atomic E-state index is 12.4. The molecule has 0 spiro atoms. The summed E-state index contributed by atoms with van der Waals surface area (Å²) in [4.78, 5) is 33.1. The summed E-state index contributed by atoms with van der Waals surface area (Å²) in [5, 5.41) is 8.08. The van der Waals surface area contributed by atoms with Gasteiger partial charge < -0.3 is 4.74 Å². The van der Waals surface area contributed by atoms with Gasteiger partial charge in [-0.1, -0.05) is 10.3 Å². The number of nitrogens with zero attached hydrogens (tertiary/aromatic N) is 4. The Morgan fingerprint density at radius 3 is 1.76 bits per heavy atom. The zero-order valence-corrected chi connectivity index (χ0v) is 22.9. The monoisotopic (exact) mass is 550 g/mol. The first-order valence-corrected chi connectivity index (χ1v) is 13.8. The standard InChI is InChI=1S/C16H30N4O9S4/c1-11(2)25-9-14(29-33(24)20(6)16(22)28-18-13(4)31-8)10-26-32(23)19(5)15(21)27-17-12(3)30-7/h11,14H,9-10H2,1-8H3. The van der Waals surface area contributed by atoms with E-state index >= 15 is 0 Å². The molecule has 13 nitrogen and oxygen atoms in total. The van der Waals surface area contributed by atoms with E-state index in [4.69, 9.17) is 13.1 Å². The third-order valence-electron chi connectivity index (χ3n) is 3.25. The molecule has 0 saturated carbocycles. The molecule has 0 radical (unpaired) electrons. The molecule has 0 aromatic heterocycles. The number of rotatable bonds is 12. The third kappa shape index (κ3) is 13.9. The lowest BCUT2D eigenvalue weighted by molar-refractivity contribution is 0.00306. The number of thioether (sulfide) groups is 2. The van der Waals surface area contributed by atoms with Crippen LogP contribution in [0.5, 0.6) is 0 Å². The summed E-state index contributed by atoms with van der Waals surface area (Å²) >= 11 is -2.04. The summed E-state index contributed by atoms with van der Waals surface area (Å²) in [5.74, 6) is 0. The van der Waals surface area contributed by atoms with Crippen LogP contribution in [-0.4, -0.2) is 91.3 Å². The minimum absolute atomic E-state index is 0.0986. The lowest BCUT2D eigenvalue weighted by Gasteiger charge is -2.21. The predicted molar refractivity (Wildman–Crippen MR) is 130 cm³/mol. The smallest absolute Gasteiger partial charge is 0.376 e. The van der Waals surface area contributed by atoms with Crippen molar-refractivity contribution in [2.45, 2.75) is 39.9 Å². The summed E-state index contributed by atoms with van der Waals surface area (Å²) in [6, 6.07) is 0. The first-order chi connectivity index (χ1) is 15.4. The summed E-state index contributed by atoms with van der Waals surface area (Å²) in [5.41, 5.74) is 0. The molecular weight excluding hydrogens is 520 g/mol. The van der Waals surface area contributed by atoms with Crippen molar-refractivity contribution in [2.24, 2.45) is 10.3 Å². The SMILES string of the molecule is CSC(C)=NOC(=O)N(C)S(=O)OCC(COC(C)C)OS(=O)N(C)C(=O)ON=C(C)SC. The molecule has 0 rings (SSSR count). The van der Waals surface area contributed by atoms with Crippen LogP contribution in [0.4, 0.5) is 9.59 Å². The van der Waals surface area contributed by atoms with Crippen molar-refractivity contribution in [1.82, 2.24) is 8.61 Å². The third-order valence-corrected chi connectivity index (χ3v) is 6.54. The van der Waals surface area contributed by atoms with E-state index in [0.29, 0.717) is 18.7 Å². The maximum atomic E-state index is 12.4. The van der Waals surface area contributed by atoms with Gasteiger partial charge in [-0.15, -0.1) is 23.5 Å². The van der Waals surface area contributed by atoms with E-state index in [9.17, 15) is 18.0 Å². The van der Waals surface area contributed by atoms with E-state index in [1.165, 1.54) is 37.6 Å². The molecule has 0 bridgehead atoms. The van der Waals surface area contributed by atoms with E-state index in [1.807, 2.05) is 0 Å². The molecule has 2 amide bonds. The Morgan fingerprint density at radius 2 is 1.33 bits per heavy atom. The van der Waals surface area contributed by atoms with E-state index in [-0.39, 0.29) is 19.3 Å². The van der Waals surface area contributed by atoms with Crippen molar-refractivity contribution in [3.8, 4) is 0 Å². The Kier molecular flexibility index (Phi) is 16.6. The molecule has 0 aliphatic rings. The van der Waals surface area contributed by atoms with Gasteiger partial charge in [-0.3, -0.25) is 18.0 Å². The van der Waals surface area contributed by atoms with E-state index < -0.39 is 40.8 Å². The van der Waals surface area contributed by atoms with Crippen LogP contribution in [0.2, 0.25) is 0 Å². The van der Waals surface area contributed by atoms with Crippen molar-refractivity contribution < 1.29 is 40.8 Å². The largest absolute Gasteiger partial charge is 0.449 e. The fourth-order valence-corrected chi connectivity index (χ4v) is 2.75. The Hall–Kier alpha value is -1.24. The first-order valence-electron chi connectivity index (χ1n) is 9.25. The molecule has 0 fully saturated rings. The highest BCUT2D eigenvalue weighted by atomic mass is 32.2. The van der Waals surface area contributed by atoms with Gasteiger partial charge in [0.25, 0.3) is 22.5 Å². The van der Waals surface area contributed by atoms with Gasteiger partial charge in [0.05, 0.1) is 19.3 Å². The molecule has 0 aromatic rings. The van der Waals surface area contributed by atoms with Gasteiger partial charge >= 0.3 is 12.2 Å². The number of oxime groups is 2. The van der Waals surface area contributed by atoms with Gasteiger partial charge in [0.15, 0.2) is 0 Å². The first kappa shape index (κ1) is 31.8. The minimum Gasteiger partial charge on any atom is -0.376 e. The second-order valence-electron chi connectivity index (χ2n) is 6.16. The van der Waals surface area contributed by atoms with Crippen LogP contribution in [0.25, 0.3) is 0 Å². The van der Waals surface area contributed by atoms with Crippen molar-refractivity contribution in [3.63, 3.8) is 0 Å². The highest BCUT2D eigenvalue weighted by molar-refractivity contribution is 8.13. The molecule has 192 valence electrons. The maximum Gasteiger partial charge on any atom is 0.449 e. The zero-order valence-electron chi connectivity index (χ0n) is 19.7. The Morgan fingerprint density at radius 1 is 0.879 bits per heavy atom. The van der Waals surface area contributed by atoms with Crippen molar-refractivity contribution >= 4 is 68.3 Å². The van der Waals surface area contributed by atoms with Crippen LogP contribution in [0.15, 0.2) is 10.3 Å². The highest BCUT2D eigenvalue weighted by Gasteiger charge is 2.26. The lowest BCUT2D eigenvalue weighted by atomic mass is 10.4. The second kappa shape index (κ2) is 17.2. The predicted octanol–water partition coefficient (Wildman–Crippen LogP) is 2.50. The number of hydrogen-bond donors (Lipinski definition) is 0. The highest BCUT2D eigenvalue weighted by Crippen LogP contribution is 2.09. The van der Waals surface area contributed by atoms with E-state index in [1.54, 1.807) is 40.2 Å². The van der Waals surface area contributed by atoms with Crippen molar-refractivity contribution in [1.29, 1.82) is 0 Å². The lowest BCUT2D eigenvalue weighted by Crippen LogP contribution is -2.37. The average Bonchev–Trinajstić information content (AvgIpc) is 2.80. The number of ether oxygens (including phenoxy) is 1. The van der Waals surface area contributed by atoms with Crippen LogP contribution < -0.4 is 0 Å². The van der Waals surface area contributed by atoms with Gasteiger partial charge in [0.2, 0.25) is 0 Å². The Bertz CT molecular complexity index is 751. The molecule has 33 heavy (non-hydrogen) atoms. The molecule has 0 aliphatic carbocycles. The number of carbonyl (C=O) groups excluding carboxylic acids is 2. The number of hydrogen-bond acceptors (Lipinski definition) is 13. The van der Waals surface area contributed by atoms with Crippen LogP contribution in [0.3, 0.4) is 0 Å². The molecule has 0 aliphatic heterocycles. The number of amides is 2. The zero-order chi connectivity index (χ0) is 25.6. The summed E-state index contributed by atoms with van der Waals surface area (Å²) in [7, 11) is 2.37. The van der Waals surface area contributed by atoms with Crippen LogP contribution in [-0.2, 0) is 45.3 Å². The molecule has 3 atom stereocenters. The van der Waals surface area contributed by atoms with Gasteiger partial charge in [-0.25, -0.2) is 26.6 Å². The average molecular weight is 551 g/mol. The van der Waals surface area contributed by atoms with Crippen molar-refractivity contribution in [2.75, 3.05) is 39.8 Å². The number of carbonyl (C=O) groups is 2.